The highest BCUT2D eigenvalue weighted by Gasteiger charge is 2.16. The van der Waals surface area contributed by atoms with Crippen LogP contribution in [0.2, 0.25) is 0 Å². The topological polar surface area (TPSA) is 39.9 Å². The van der Waals surface area contributed by atoms with Gasteiger partial charge in [0.2, 0.25) is 0 Å². The average molecular weight is 388 g/mol. The Hall–Kier alpha value is -3.05. The first kappa shape index (κ1) is 18.3. The summed E-state index contributed by atoms with van der Waals surface area (Å²) in [5.41, 5.74) is 4.54. The van der Waals surface area contributed by atoms with E-state index in [-0.39, 0.29) is 0 Å². The molecule has 5 heteroatoms. The van der Waals surface area contributed by atoms with E-state index in [1.807, 2.05) is 30.3 Å². The van der Waals surface area contributed by atoms with Crippen LogP contribution in [0.1, 0.15) is 11.1 Å². The molecule has 1 aromatic heterocycles. The zero-order valence-corrected chi connectivity index (χ0v) is 16.7. The second-order valence-corrected chi connectivity index (χ2v) is 7.42. The van der Waals surface area contributed by atoms with Gasteiger partial charge < -0.3 is 4.74 Å². The number of rotatable bonds is 6. The second kappa shape index (κ2) is 8.31. The van der Waals surface area contributed by atoms with E-state index in [0.29, 0.717) is 0 Å². The molecule has 0 aliphatic rings. The van der Waals surface area contributed by atoms with Crippen molar-refractivity contribution in [2.45, 2.75) is 17.8 Å². The number of aryl methyl sites for hydroxylation is 1. The minimum atomic E-state index is 0.821. The fraction of sp³-hybridized carbons (Fsp3) is 0.130. The molecule has 0 saturated carbocycles. The molecule has 0 unspecified atom stereocenters. The predicted molar refractivity (Wildman–Crippen MR) is 114 cm³/mol. The van der Waals surface area contributed by atoms with E-state index in [1.165, 1.54) is 11.1 Å². The number of hydrogen-bond donors (Lipinski definition) is 0. The van der Waals surface area contributed by atoms with E-state index in [1.54, 1.807) is 18.9 Å². The van der Waals surface area contributed by atoms with Crippen molar-refractivity contribution < 1.29 is 4.74 Å². The van der Waals surface area contributed by atoms with Gasteiger partial charge in [-0.05, 0) is 48.9 Å². The van der Waals surface area contributed by atoms with Gasteiger partial charge in [0.15, 0.2) is 11.0 Å². The maximum atomic E-state index is 5.28. The van der Waals surface area contributed by atoms with Crippen LogP contribution in [0.15, 0.2) is 84.0 Å². The Morgan fingerprint density at radius 3 is 2.25 bits per heavy atom. The van der Waals surface area contributed by atoms with E-state index in [9.17, 15) is 0 Å². The summed E-state index contributed by atoms with van der Waals surface area (Å²) in [6.07, 6.45) is 0. The lowest BCUT2D eigenvalue weighted by Gasteiger charge is -2.11. The van der Waals surface area contributed by atoms with Crippen molar-refractivity contribution in [3.8, 4) is 22.8 Å². The maximum absolute atomic E-state index is 5.28. The highest BCUT2D eigenvalue weighted by atomic mass is 32.2. The van der Waals surface area contributed by atoms with Crippen molar-refractivity contribution in [1.82, 2.24) is 14.8 Å². The monoisotopic (exact) mass is 387 g/mol. The second-order valence-electron chi connectivity index (χ2n) is 6.48. The summed E-state index contributed by atoms with van der Waals surface area (Å²) in [6.45, 7) is 2.09. The summed E-state index contributed by atoms with van der Waals surface area (Å²) in [7, 11) is 1.67. The molecular weight excluding hydrogens is 366 g/mol. The number of aromatic nitrogens is 3. The zero-order valence-electron chi connectivity index (χ0n) is 15.9. The van der Waals surface area contributed by atoms with Crippen LogP contribution in [-0.2, 0) is 5.75 Å². The Kier molecular flexibility index (Phi) is 5.44. The molecular formula is C23H21N3OS. The lowest BCUT2D eigenvalue weighted by atomic mass is 10.2. The SMILES string of the molecule is COc1ccc(-c2nnc(SCc3ccccc3)n2-c2ccc(C)cc2)cc1. The van der Waals surface area contributed by atoms with Gasteiger partial charge in [0.25, 0.3) is 0 Å². The van der Waals surface area contributed by atoms with Gasteiger partial charge in [-0.15, -0.1) is 10.2 Å². The molecule has 0 N–H and O–H groups in total. The number of thioether (sulfide) groups is 1. The van der Waals surface area contributed by atoms with Crippen LogP contribution in [-0.4, -0.2) is 21.9 Å². The number of methoxy groups -OCH3 is 1. The molecule has 4 rings (SSSR count). The summed E-state index contributed by atoms with van der Waals surface area (Å²) in [5, 5.41) is 9.87. The standard InChI is InChI=1S/C23H21N3OS/c1-17-8-12-20(13-9-17)26-22(19-10-14-21(27-2)15-11-19)24-25-23(26)28-16-18-6-4-3-5-7-18/h3-15H,16H2,1-2H3. The summed E-state index contributed by atoms with van der Waals surface area (Å²) in [5.74, 6) is 2.49. The van der Waals surface area contributed by atoms with Crippen LogP contribution in [0.3, 0.4) is 0 Å². The molecule has 0 atom stereocenters. The smallest absolute Gasteiger partial charge is 0.196 e. The molecule has 0 amide bonds. The third kappa shape index (κ3) is 3.94. The number of nitrogens with zero attached hydrogens (tertiary/aromatic N) is 3. The van der Waals surface area contributed by atoms with Gasteiger partial charge in [-0.1, -0.05) is 59.8 Å². The average Bonchev–Trinajstić information content (AvgIpc) is 3.17. The van der Waals surface area contributed by atoms with Crippen LogP contribution in [0.4, 0.5) is 0 Å². The van der Waals surface area contributed by atoms with E-state index in [4.69, 9.17) is 4.74 Å². The Morgan fingerprint density at radius 1 is 0.857 bits per heavy atom. The van der Waals surface area contributed by atoms with Crippen molar-refractivity contribution in [2.24, 2.45) is 0 Å². The molecule has 0 bridgehead atoms. The van der Waals surface area contributed by atoms with Crippen LogP contribution in [0.25, 0.3) is 17.1 Å². The third-order valence-electron chi connectivity index (χ3n) is 4.48. The van der Waals surface area contributed by atoms with Gasteiger partial charge in [0, 0.05) is 17.0 Å². The van der Waals surface area contributed by atoms with Crippen LogP contribution in [0.5, 0.6) is 5.75 Å². The molecule has 0 fully saturated rings. The largest absolute Gasteiger partial charge is 0.497 e. The minimum Gasteiger partial charge on any atom is -0.497 e. The van der Waals surface area contributed by atoms with Crippen molar-refractivity contribution >= 4 is 11.8 Å². The summed E-state index contributed by atoms with van der Waals surface area (Å²) in [6, 6.07) is 26.8. The summed E-state index contributed by atoms with van der Waals surface area (Å²) >= 11 is 1.69. The highest BCUT2D eigenvalue weighted by Crippen LogP contribution is 2.30. The van der Waals surface area contributed by atoms with E-state index in [2.05, 4.69) is 70.2 Å². The van der Waals surface area contributed by atoms with E-state index >= 15 is 0 Å². The molecule has 0 spiro atoms. The Bertz CT molecular complexity index is 1040. The Labute approximate surface area is 169 Å². The van der Waals surface area contributed by atoms with Crippen molar-refractivity contribution in [1.29, 1.82) is 0 Å². The quantitative estimate of drug-likeness (QED) is 0.407. The molecule has 4 nitrogen and oxygen atoms in total. The number of benzene rings is 3. The first-order valence-corrected chi connectivity index (χ1v) is 10.1. The molecule has 0 aliphatic heterocycles. The lowest BCUT2D eigenvalue weighted by molar-refractivity contribution is 0.415. The highest BCUT2D eigenvalue weighted by molar-refractivity contribution is 7.98. The van der Waals surface area contributed by atoms with Gasteiger partial charge in [0.1, 0.15) is 5.75 Å². The molecule has 28 heavy (non-hydrogen) atoms. The van der Waals surface area contributed by atoms with E-state index < -0.39 is 0 Å². The fourth-order valence-electron chi connectivity index (χ4n) is 2.94. The molecule has 0 saturated heterocycles. The van der Waals surface area contributed by atoms with Gasteiger partial charge in [-0.3, -0.25) is 4.57 Å². The molecule has 140 valence electrons. The van der Waals surface area contributed by atoms with Crippen molar-refractivity contribution in [3.63, 3.8) is 0 Å². The zero-order chi connectivity index (χ0) is 19.3. The van der Waals surface area contributed by atoms with Gasteiger partial charge in [-0.2, -0.15) is 0 Å². The summed E-state index contributed by atoms with van der Waals surface area (Å²) < 4.78 is 7.40. The van der Waals surface area contributed by atoms with Gasteiger partial charge >= 0.3 is 0 Å². The van der Waals surface area contributed by atoms with Crippen LogP contribution in [0, 0.1) is 6.92 Å². The van der Waals surface area contributed by atoms with Gasteiger partial charge in [-0.25, -0.2) is 0 Å². The van der Waals surface area contributed by atoms with Gasteiger partial charge in [0.05, 0.1) is 7.11 Å². The van der Waals surface area contributed by atoms with E-state index in [0.717, 1.165) is 33.7 Å². The van der Waals surface area contributed by atoms with Crippen molar-refractivity contribution in [2.75, 3.05) is 7.11 Å². The fourth-order valence-corrected chi connectivity index (χ4v) is 3.85. The number of ether oxygens (including phenoxy) is 1. The maximum Gasteiger partial charge on any atom is 0.196 e. The Balaban J connectivity index is 1.73. The number of hydrogen-bond acceptors (Lipinski definition) is 4. The molecule has 3 aromatic carbocycles. The molecule has 4 aromatic rings. The summed E-state index contributed by atoms with van der Waals surface area (Å²) in [4.78, 5) is 0. The predicted octanol–water partition coefficient (Wildman–Crippen LogP) is 5.54. The molecule has 0 radical (unpaired) electrons. The molecule has 0 aliphatic carbocycles. The first-order chi connectivity index (χ1) is 13.7. The van der Waals surface area contributed by atoms with Crippen molar-refractivity contribution in [3.05, 3.63) is 90.0 Å². The van der Waals surface area contributed by atoms with Crippen LogP contribution >= 0.6 is 11.8 Å². The normalized spacial score (nSPS) is 10.8. The minimum absolute atomic E-state index is 0.821. The molecule has 1 heterocycles. The first-order valence-electron chi connectivity index (χ1n) is 9.08. The third-order valence-corrected chi connectivity index (χ3v) is 5.48. The Morgan fingerprint density at radius 2 is 1.57 bits per heavy atom. The lowest BCUT2D eigenvalue weighted by Crippen LogP contribution is -2.00. The van der Waals surface area contributed by atoms with Crippen LogP contribution < -0.4 is 4.74 Å².